The van der Waals surface area contributed by atoms with E-state index in [1.165, 1.54) is 0 Å². The number of anilines is 1. The van der Waals surface area contributed by atoms with E-state index in [2.05, 4.69) is 16.0 Å². The van der Waals surface area contributed by atoms with E-state index >= 15 is 0 Å². The number of carbonyl (C=O) groups excluding carboxylic acids is 1. The minimum absolute atomic E-state index is 0.00149. The van der Waals surface area contributed by atoms with E-state index in [4.69, 9.17) is 4.74 Å². The van der Waals surface area contributed by atoms with Gasteiger partial charge in [0.2, 0.25) is 0 Å². The smallest absolute Gasteiger partial charge is 0.274 e. The van der Waals surface area contributed by atoms with Crippen molar-refractivity contribution in [1.82, 2.24) is 14.3 Å². The Hall–Kier alpha value is -3.02. The molecule has 1 amide bonds. The fourth-order valence-electron chi connectivity index (χ4n) is 3.39. The molecule has 134 valence electrons. The summed E-state index contributed by atoms with van der Waals surface area (Å²) in [6.45, 7) is 4.96. The van der Waals surface area contributed by atoms with Gasteiger partial charge in [-0.25, -0.2) is 4.98 Å². The zero-order valence-corrected chi connectivity index (χ0v) is 15.1. The number of methoxy groups -OCH3 is 1. The number of imidazole rings is 1. The molecule has 1 aliphatic rings. The molecule has 0 aliphatic carbocycles. The number of hydrogen-bond donors (Lipinski definition) is 0. The molecule has 6 heteroatoms. The molecule has 3 aromatic rings. The molecule has 3 heterocycles. The molecule has 1 aliphatic heterocycles. The third-order valence-electron chi connectivity index (χ3n) is 4.88. The molecule has 0 unspecified atom stereocenters. The van der Waals surface area contributed by atoms with E-state index in [1.54, 1.807) is 7.11 Å². The lowest BCUT2D eigenvalue weighted by Gasteiger charge is -2.35. The molecule has 26 heavy (non-hydrogen) atoms. The van der Waals surface area contributed by atoms with Crippen LogP contribution in [-0.4, -0.2) is 53.5 Å². The number of carbonyl (C=O) groups is 1. The summed E-state index contributed by atoms with van der Waals surface area (Å²) in [4.78, 5) is 21.5. The first kappa shape index (κ1) is 16.4. The molecule has 6 nitrogen and oxygen atoms in total. The first-order valence-corrected chi connectivity index (χ1v) is 8.78. The summed E-state index contributed by atoms with van der Waals surface area (Å²) >= 11 is 0. The number of hydrogen-bond acceptors (Lipinski definition) is 4. The van der Waals surface area contributed by atoms with Crippen LogP contribution in [-0.2, 0) is 0 Å². The Morgan fingerprint density at radius 2 is 1.92 bits per heavy atom. The summed E-state index contributed by atoms with van der Waals surface area (Å²) in [7, 11) is 1.67. The maximum Gasteiger partial charge on any atom is 0.274 e. The van der Waals surface area contributed by atoms with Gasteiger partial charge in [-0.05, 0) is 30.7 Å². The molecule has 1 aromatic carbocycles. The van der Waals surface area contributed by atoms with Crippen molar-refractivity contribution in [2.24, 2.45) is 0 Å². The minimum Gasteiger partial charge on any atom is -0.497 e. The lowest BCUT2D eigenvalue weighted by Crippen LogP contribution is -2.48. The fourth-order valence-corrected chi connectivity index (χ4v) is 3.39. The van der Waals surface area contributed by atoms with Gasteiger partial charge in [-0.15, -0.1) is 0 Å². The number of aromatic nitrogens is 2. The predicted octanol–water partition coefficient (Wildman–Crippen LogP) is 2.61. The van der Waals surface area contributed by atoms with Crippen LogP contribution >= 0.6 is 0 Å². The highest BCUT2D eigenvalue weighted by Crippen LogP contribution is 2.22. The zero-order chi connectivity index (χ0) is 18.1. The number of amides is 1. The summed E-state index contributed by atoms with van der Waals surface area (Å²) in [6.07, 6.45) is 3.74. The molecule has 0 spiro atoms. The number of piperazine rings is 1. The van der Waals surface area contributed by atoms with E-state index in [1.807, 2.05) is 58.9 Å². The molecular formula is C20H22N4O2. The van der Waals surface area contributed by atoms with E-state index < -0.39 is 0 Å². The van der Waals surface area contributed by atoms with Crippen molar-refractivity contribution < 1.29 is 9.53 Å². The van der Waals surface area contributed by atoms with Crippen LogP contribution in [0.25, 0.3) is 5.65 Å². The van der Waals surface area contributed by atoms with Crippen molar-refractivity contribution in [2.45, 2.75) is 6.92 Å². The maximum atomic E-state index is 12.8. The topological polar surface area (TPSA) is 50.1 Å². The standard InChI is InChI=1S/C20H22N4O2/c1-15-5-4-8-24-14-18(21-19(15)24)20(25)23-11-9-22(10-12-23)16-6-3-7-17(13-16)26-2/h3-8,13-14H,9-12H2,1-2H3. The van der Waals surface area contributed by atoms with Crippen LogP contribution in [0, 0.1) is 6.92 Å². The Kier molecular flexibility index (Phi) is 4.24. The van der Waals surface area contributed by atoms with Crippen LogP contribution in [0.3, 0.4) is 0 Å². The highest BCUT2D eigenvalue weighted by atomic mass is 16.5. The van der Waals surface area contributed by atoms with Crippen LogP contribution in [0.4, 0.5) is 5.69 Å². The lowest BCUT2D eigenvalue weighted by atomic mass is 10.2. The lowest BCUT2D eigenvalue weighted by molar-refractivity contribution is 0.0741. The van der Waals surface area contributed by atoms with Gasteiger partial charge in [-0.2, -0.15) is 0 Å². The minimum atomic E-state index is -0.00149. The van der Waals surface area contributed by atoms with Gasteiger partial charge in [0, 0.05) is 50.3 Å². The molecule has 2 aromatic heterocycles. The van der Waals surface area contributed by atoms with Gasteiger partial charge in [0.05, 0.1) is 7.11 Å². The Morgan fingerprint density at radius 1 is 1.12 bits per heavy atom. The van der Waals surface area contributed by atoms with Crippen molar-refractivity contribution >= 4 is 17.2 Å². The molecule has 0 atom stereocenters. The van der Waals surface area contributed by atoms with Crippen LogP contribution in [0.15, 0.2) is 48.8 Å². The number of pyridine rings is 1. The first-order chi connectivity index (χ1) is 12.7. The summed E-state index contributed by atoms with van der Waals surface area (Å²) < 4.78 is 7.21. The van der Waals surface area contributed by atoms with E-state index in [9.17, 15) is 4.79 Å². The summed E-state index contributed by atoms with van der Waals surface area (Å²) in [5.74, 6) is 0.847. The maximum absolute atomic E-state index is 12.8. The number of rotatable bonds is 3. The Morgan fingerprint density at radius 3 is 2.65 bits per heavy atom. The molecular weight excluding hydrogens is 328 g/mol. The predicted molar refractivity (Wildman–Crippen MR) is 101 cm³/mol. The highest BCUT2D eigenvalue weighted by molar-refractivity contribution is 5.93. The number of benzene rings is 1. The second-order valence-corrected chi connectivity index (χ2v) is 6.53. The van der Waals surface area contributed by atoms with Crippen molar-refractivity contribution in [1.29, 1.82) is 0 Å². The Balaban J connectivity index is 1.46. The van der Waals surface area contributed by atoms with Gasteiger partial charge in [0.1, 0.15) is 17.1 Å². The van der Waals surface area contributed by atoms with Gasteiger partial charge in [0.25, 0.3) is 5.91 Å². The second kappa shape index (κ2) is 6.71. The summed E-state index contributed by atoms with van der Waals surface area (Å²) in [5, 5.41) is 0. The number of fused-ring (bicyclic) bond motifs is 1. The van der Waals surface area contributed by atoms with E-state index in [0.717, 1.165) is 35.7 Å². The molecule has 0 saturated carbocycles. The SMILES string of the molecule is COc1cccc(N2CCN(C(=O)c3cn4cccc(C)c4n3)CC2)c1. The average molecular weight is 350 g/mol. The summed E-state index contributed by atoms with van der Waals surface area (Å²) in [6, 6.07) is 12.0. The Labute approximate surface area is 152 Å². The number of aryl methyl sites for hydroxylation is 1. The molecule has 0 N–H and O–H groups in total. The van der Waals surface area contributed by atoms with Gasteiger partial charge in [0.15, 0.2) is 0 Å². The highest BCUT2D eigenvalue weighted by Gasteiger charge is 2.24. The third kappa shape index (κ3) is 2.98. The Bertz CT molecular complexity index is 942. The van der Waals surface area contributed by atoms with Crippen LogP contribution in [0.2, 0.25) is 0 Å². The molecule has 1 fully saturated rings. The molecule has 4 rings (SSSR count). The zero-order valence-electron chi connectivity index (χ0n) is 15.1. The third-order valence-corrected chi connectivity index (χ3v) is 4.88. The first-order valence-electron chi connectivity index (χ1n) is 8.78. The van der Waals surface area contributed by atoms with Crippen molar-refractivity contribution in [3.8, 4) is 5.75 Å². The summed E-state index contributed by atoms with van der Waals surface area (Å²) in [5.41, 5.74) is 3.54. The van der Waals surface area contributed by atoms with Gasteiger partial charge >= 0.3 is 0 Å². The van der Waals surface area contributed by atoms with Crippen LogP contribution < -0.4 is 9.64 Å². The average Bonchev–Trinajstić information content (AvgIpc) is 3.13. The largest absolute Gasteiger partial charge is 0.497 e. The molecule has 0 bridgehead atoms. The van der Waals surface area contributed by atoms with Crippen molar-refractivity contribution in [3.63, 3.8) is 0 Å². The molecule has 0 radical (unpaired) electrons. The number of ether oxygens (including phenoxy) is 1. The monoisotopic (exact) mass is 350 g/mol. The fraction of sp³-hybridized carbons (Fsp3) is 0.300. The van der Waals surface area contributed by atoms with Gasteiger partial charge in [-0.1, -0.05) is 12.1 Å². The van der Waals surface area contributed by atoms with Crippen LogP contribution in [0.1, 0.15) is 16.1 Å². The van der Waals surface area contributed by atoms with Crippen LogP contribution in [0.5, 0.6) is 5.75 Å². The van der Waals surface area contributed by atoms with E-state index in [0.29, 0.717) is 18.8 Å². The second-order valence-electron chi connectivity index (χ2n) is 6.53. The van der Waals surface area contributed by atoms with Gasteiger partial charge in [-0.3, -0.25) is 4.79 Å². The van der Waals surface area contributed by atoms with E-state index in [-0.39, 0.29) is 5.91 Å². The number of nitrogens with zero attached hydrogens (tertiary/aromatic N) is 4. The normalized spacial score (nSPS) is 14.7. The van der Waals surface area contributed by atoms with Gasteiger partial charge < -0.3 is 18.9 Å². The quantitative estimate of drug-likeness (QED) is 0.729. The van der Waals surface area contributed by atoms with Crippen molar-refractivity contribution in [3.05, 3.63) is 60.0 Å². The molecule has 1 saturated heterocycles. The van der Waals surface area contributed by atoms with Crippen molar-refractivity contribution in [2.75, 3.05) is 38.2 Å².